The van der Waals surface area contributed by atoms with Crippen LogP contribution in [0.2, 0.25) is 0 Å². The molecular weight excluding hydrogens is 270 g/mol. The predicted molar refractivity (Wildman–Crippen MR) is 80.3 cm³/mol. The average Bonchev–Trinajstić information content (AvgIpc) is 2.75. The Labute approximate surface area is 126 Å². The van der Waals surface area contributed by atoms with Crippen molar-refractivity contribution in [3.8, 4) is 0 Å². The second-order valence-electron chi connectivity index (χ2n) is 6.40. The fraction of sp³-hybridized carbons (Fsp3) is 0.867. The highest BCUT2D eigenvalue weighted by Crippen LogP contribution is 2.32. The fourth-order valence-corrected chi connectivity index (χ4v) is 3.51. The van der Waals surface area contributed by atoms with E-state index in [1.54, 1.807) is 23.9 Å². The number of aliphatic carboxylic acids is 1. The van der Waals surface area contributed by atoms with E-state index in [4.69, 9.17) is 0 Å². The van der Waals surface area contributed by atoms with E-state index in [0.717, 1.165) is 25.9 Å². The maximum absolute atomic E-state index is 12.0. The van der Waals surface area contributed by atoms with Crippen molar-refractivity contribution >= 4 is 12.0 Å². The number of rotatable bonds is 2. The van der Waals surface area contributed by atoms with Crippen LogP contribution in [-0.2, 0) is 4.79 Å². The Hall–Kier alpha value is -1.30. The van der Waals surface area contributed by atoms with Gasteiger partial charge in [0, 0.05) is 27.2 Å². The third-order valence-electron chi connectivity index (χ3n) is 4.85. The molecule has 0 saturated carbocycles. The first kappa shape index (κ1) is 16.1. The number of piperidine rings is 1. The zero-order chi connectivity index (χ0) is 15.5. The average molecular weight is 297 g/mol. The summed E-state index contributed by atoms with van der Waals surface area (Å²) < 4.78 is 0. The summed E-state index contributed by atoms with van der Waals surface area (Å²) in [4.78, 5) is 29.4. The van der Waals surface area contributed by atoms with Crippen molar-refractivity contribution in [1.29, 1.82) is 0 Å². The maximum atomic E-state index is 12.0. The molecule has 0 radical (unpaired) electrons. The number of hydrogen-bond donors (Lipinski definition) is 1. The summed E-state index contributed by atoms with van der Waals surface area (Å²) in [5.74, 6) is -0.721. The van der Waals surface area contributed by atoms with E-state index in [2.05, 4.69) is 4.90 Å². The minimum Gasteiger partial charge on any atom is -0.480 e. The van der Waals surface area contributed by atoms with Crippen LogP contribution < -0.4 is 0 Å². The summed E-state index contributed by atoms with van der Waals surface area (Å²) in [6, 6.07) is -0.0233. The van der Waals surface area contributed by atoms with E-state index in [1.807, 2.05) is 0 Å². The van der Waals surface area contributed by atoms with Crippen LogP contribution in [0.15, 0.2) is 0 Å². The lowest BCUT2D eigenvalue weighted by atomic mass is 9.85. The maximum Gasteiger partial charge on any atom is 0.324 e. The number of carboxylic acid groups (broad SMARTS) is 1. The number of amides is 2. The van der Waals surface area contributed by atoms with Gasteiger partial charge in [0.05, 0.1) is 0 Å². The van der Waals surface area contributed by atoms with Gasteiger partial charge in [-0.15, -0.1) is 0 Å². The molecule has 0 atom stereocenters. The molecule has 0 bridgehead atoms. The molecule has 1 N–H and O–H groups in total. The van der Waals surface area contributed by atoms with Crippen LogP contribution in [0.1, 0.15) is 38.5 Å². The van der Waals surface area contributed by atoms with Gasteiger partial charge in [-0.3, -0.25) is 9.69 Å². The summed E-state index contributed by atoms with van der Waals surface area (Å²) in [7, 11) is 3.46. The van der Waals surface area contributed by atoms with Crippen LogP contribution in [0.3, 0.4) is 0 Å². The highest BCUT2D eigenvalue weighted by molar-refractivity contribution is 5.80. The number of carboxylic acids is 1. The number of likely N-dealkylation sites (tertiary alicyclic amines) is 2. The van der Waals surface area contributed by atoms with Crippen molar-refractivity contribution in [2.45, 2.75) is 44.1 Å². The Morgan fingerprint density at radius 2 is 1.48 bits per heavy atom. The van der Waals surface area contributed by atoms with E-state index in [1.165, 1.54) is 12.8 Å². The number of carbonyl (C=O) groups excluding carboxylic acids is 1. The predicted octanol–water partition coefficient (Wildman–Crippen LogP) is 1.46. The molecule has 6 nitrogen and oxygen atoms in total. The first-order valence-electron chi connectivity index (χ1n) is 7.92. The summed E-state index contributed by atoms with van der Waals surface area (Å²) in [6.45, 7) is 2.79. The number of carbonyl (C=O) groups is 2. The van der Waals surface area contributed by atoms with Crippen LogP contribution >= 0.6 is 0 Å². The number of hydrogen-bond acceptors (Lipinski definition) is 3. The van der Waals surface area contributed by atoms with Gasteiger partial charge in [-0.1, -0.05) is 12.8 Å². The fourth-order valence-electron chi connectivity index (χ4n) is 3.51. The van der Waals surface area contributed by atoms with Crippen molar-refractivity contribution < 1.29 is 14.7 Å². The molecular formula is C15H27N3O3. The minimum absolute atomic E-state index is 0.0233. The number of urea groups is 1. The molecule has 0 aromatic rings. The molecule has 0 spiro atoms. The third kappa shape index (κ3) is 3.31. The molecule has 0 unspecified atom stereocenters. The lowest BCUT2D eigenvalue weighted by Crippen LogP contribution is -2.61. The highest BCUT2D eigenvalue weighted by Gasteiger charge is 2.47. The van der Waals surface area contributed by atoms with Gasteiger partial charge >= 0.3 is 12.0 Å². The summed E-state index contributed by atoms with van der Waals surface area (Å²) in [5, 5.41) is 9.81. The second kappa shape index (κ2) is 6.64. The lowest BCUT2D eigenvalue weighted by Gasteiger charge is -2.46. The van der Waals surface area contributed by atoms with Gasteiger partial charge in [0.2, 0.25) is 0 Å². The van der Waals surface area contributed by atoms with Crippen LogP contribution in [0.5, 0.6) is 0 Å². The molecule has 0 aliphatic carbocycles. The minimum atomic E-state index is -0.770. The van der Waals surface area contributed by atoms with Crippen LogP contribution in [0, 0.1) is 0 Å². The lowest BCUT2D eigenvalue weighted by molar-refractivity contribution is -0.155. The topological polar surface area (TPSA) is 64.1 Å². The number of nitrogens with zero attached hydrogens (tertiary/aromatic N) is 3. The van der Waals surface area contributed by atoms with Crippen molar-refractivity contribution in [1.82, 2.24) is 14.7 Å². The van der Waals surface area contributed by atoms with Crippen molar-refractivity contribution in [3.63, 3.8) is 0 Å². The van der Waals surface area contributed by atoms with Crippen LogP contribution in [0.25, 0.3) is 0 Å². The van der Waals surface area contributed by atoms with Gasteiger partial charge in [-0.2, -0.15) is 0 Å². The van der Waals surface area contributed by atoms with Crippen molar-refractivity contribution in [3.05, 3.63) is 0 Å². The molecule has 2 aliphatic heterocycles. The Morgan fingerprint density at radius 3 is 1.90 bits per heavy atom. The van der Waals surface area contributed by atoms with E-state index in [9.17, 15) is 14.7 Å². The van der Waals surface area contributed by atoms with Crippen molar-refractivity contribution in [2.24, 2.45) is 0 Å². The van der Waals surface area contributed by atoms with Gasteiger partial charge in [0.25, 0.3) is 0 Å². The van der Waals surface area contributed by atoms with Crippen LogP contribution in [0.4, 0.5) is 4.79 Å². The normalized spacial score (nSPS) is 23.4. The Morgan fingerprint density at radius 1 is 0.952 bits per heavy atom. The molecule has 2 aliphatic rings. The Bertz CT molecular complexity index is 382. The standard InChI is InChI=1S/C15H27N3O3/c1-16(2)14(21)17-11-7-15(8-12-17,13(19)20)18-9-5-3-4-6-10-18/h3-12H2,1-2H3,(H,19,20). The molecule has 120 valence electrons. The van der Waals surface area contributed by atoms with Crippen molar-refractivity contribution in [2.75, 3.05) is 40.3 Å². The first-order chi connectivity index (χ1) is 9.97. The molecule has 2 rings (SSSR count). The monoisotopic (exact) mass is 297 g/mol. The third-order valence-corrected chi connectivity index (χ3v) is 4.85. The smallest absolute Gasteiger partial charge is 0.324 e. The molecule has 2 heterocycles. The molecule has 0 aromatic heterocycles. The van der Waals surface area contributed by atoms with E-state index >= 15 is 0 Å². The SMILES string of the molecule is CN(C)C(=O)N1CCC(C(=O)O)(N2CCCCCC2)CC1. The van der Waals surface area contributed by atoms with Gasteiger partial charge in [-0.25, -0.2) is 4.79 Å². The highest BCUT2D eigenvalue weighted by atomic mass is 16.4. The zero-order valence-electron chi connectivity index (χ0n) is 13.2. The van der Waals surface area contributed by atoms with Gasteiger partial charge < -0.3 is 14.9 Å². The molecule has 2 fully saturated rings. The van der Waals surface area contributed by atoms with E-state index in [0.29, 0.717) is 25.9 Å². The molecule has 0 aromatic carbocycles. The van der Waals surface area contributed by atoms with E-state index in [-0.39, 0.29) is 6.03 Å². The second-order valence-corrected chi connectivity index (χ2v) is 6.40. The summed E-state index contributed by atoms with van der Waals surface area (Å²) in [5.41, 5.74) is -0.770. The molecule has 2 saturated heterocycles. The molecule has 2 amide bonds. The van der Waals surface area contributed by atoms with Gasteiger partial charge in [-0.05, 0) is 38.8 Å². The summed E-state index contributed by atoms with van der Waals surface area (Å²) >= 11 is 0. The quantitative estimate of drug-likeness (QED) is 0.838. The largest absolute Gasteiger partial charge is 0.480 e. The van der Waals surface area contributed by atoms with Gasteiger partial charge in [0.15, 0.2) is 0 Å². The zero-order valence-corrected chi connectivity index (χ0v) is 13.2. The Balaban J connectivity index is 2.07. The molecule has 21 heavy (non-hydrogen) atoms. The van der Waals surface area contributed by atoms with E-state index < -0.39 is 11.5 Å². The first-order valence-corrected chi connectivity index (χ1v) is 7.92. The van der Waals surface area contributed by atoms with Gasteiger partial charge in [0.1, 0.15) is 5.54 Å². The Kier molecular flexibility index (Phi) is 5.08. The molecule has 6 heteroatoms. The van der Waals surface area contributed by atoms with Crippen LogP contribution in [-0.4, -0.2) is 77.6 Å². The summed E-state index contributed by atoms with van der Waals surface area (Å²) in [6.07, 6.45) is 5.60.